The maximum atomic E-state index is 5.40. The van der Waals surface area contributed by atoms with Gasteiger partial charge in [-0.25, -0.2) is 0 Å². The molecule has 1 aliphatic heterocycles. The maximum Gasteiger partial charge on any atom is 0.120 e. The van der Waals surface area contributed by atoms with Crippen LogP contribution >= 0.6 is 0 Å². The summed E-state index contributed by atoms with van der Waals surface area (Å²) in [4.78, 5) is 2.58. The van der Waals surface area contributed by atoms with E-state index in [0.29, 0.717) is 11.5 Å². The van der Waals surface area contributed by atoms with Crippen molar-refractivity contribution in [2.45, 2.75) is 40.2 Å². The van der Waals surface area contributed by atoms with Crippen LogP contribution in [-0.4, -0.2) is 31.1 Å². The van der Waals surface area contributed by atoms with Crippen LogP contribution in [0.25, 0.3) is 0 Å². The van der Waals surface area contributed by atoms with Gasteiger partial charge in [0.05, 0.1) is 12.3 Å². The first kappa shape index (κ1) is 14.6. The minimum Gasteiger partial charge on any atom is -0.468 e. The highest BCUT2D eigenvalue weighted by molar-refractivity contribution is 5.02. The van der Waals surface area contributed by atoms with Crippen LogP contribution in [0.2, 0.25) is 0 Å². The molecular formula is C16H28N2O. The summed E-state index contributed by atoms with van der Waals surface area (Å²) in [7, 11) is 0. The fraction of sp³-hybridized carbons (Fsp3) is 0.750. The van der Waals surface area contributed by atoms with Crippen LogP contribution in [-0.2, 0) is 0 Å². The van der Waals surface area contributed by atoms with Crippen LogP contribution in [0.4, 0.5) is 0 Å². The summed E-state index contributed by atoms with van der Waals surface area (Å²) < 4.78 is 5.40. The van der Waals surface area contributed by atoms with Crippen LogP contribution in [0.15, 0.2) is 22.8 Å². The summed E-state index contributed by atoms with van der Waals surface area (Å²) in [6, 6.07) is 4.28. The Labute approximate surface area is 117 Å². The van der Waals surface area contributed by atoms with Crippen molar-refractivity contribution in [3.8, 4) is 0 Å². The number of likely N-dealkylation sites (tertiary alicyclic amines) is 1. The third-order valence-electron chi connectivity index (χ3n) is 4.35. The molecule has 2 rings (SSSR count). The number of rotatable bonds is 5. The van der Waals surface area contributed by atoms with Gasteiger partial charge < -0.3 is 14.6 Å². The normalized spacial score (nSPS) is 22.8. The second-order valence-corrected chi connectivity index (χ2v) is 6.84. The average Bonchev–Trinajstić information content (AvgIpc) is 2.99. The Morgan fingerprint density at radius 2 is 2.26 bits per heavy atom. The minimum absolute atomic E-state index is 0.302. The van der Waals surface area contributed by atoms with E-state index < -0.39 is 0 Å². The lowest BCUT2D eigenvalue weighted by molar-refractivity contribution is 0.228. The van der Waals surface area contributed by atoms with Crippen molar-refractivity contribution in [3.05, 3.63) is 24.2 Å². The van der Waals surface area contributed by atoms with E-state index in [1.54, 1.807) is 6.26 Å². The monoisotopic (exact) mass is 264 g/mol. The summed E-state index contributed by atoms with van der Waals surface area (Å²) in [5.74, 6) is 1.86. The Balaban J connectivity index is 1.67. The Hall–Kier alpha value is -0.800. The number of hydrogen-bond acceptors (Lipinski definition) is 3. The molecule has 2 atom stereocenters. The van der Waals surface area contributed by atoms with Crippen LogP contribution in [0.3, 0.4) is 0 Å². The molecule has 1 aliphatic rings. The summed E-state index contributed by atoms with van der Waals surface area (Å²) in [6.07, 6.45) is 3.08. The van der Waals surface area contributed by atoms with Gasteiger partial charge in [-0.15, -0.1) is 0 Å². The van der Waals surface area contributed by atoms with Crippen molar-refractivity contribution >= 4 is 0 Å². The average molecular weight is 264 g/mol. The van der Waals surface area contributed by atoms with E-state index in [1.807, 2.05) is 12.1 Å². The number of nitrogens with zero attached hydrogens (tertiary/aromatic N) is 1. The van der Waals surface area contributed by atoms with E-state index in [4.69, 9.17) is 4.42 Å². The van der Waals surface area contributed by atoms with Gasteiger partial charge in [0.2, 0.25) is 0 Å². The molecule has 1 N–H and O–H groups in total. The number of hydrogen-bond donors (Lipinski definition) is 1. The number of furan rings is 1. The molecule has 0 saturated carbocycles. The van der Waals surface area contributed by atoms with Gasteiger partial charge in [0, 0.05) is 19.6 Å². The first-order chi connectivity index (χ1) is 8.97. The first-order valence-corrected chi connectivity index (χ1v) is 7.46. The molecule has 3 heteroatoms. The predicted molar refractivity (Wildman–Crippen MR) is 79.1 cm³/mol. The van der Waals surface area contributed by atoms with Gasteiger partial charge in [0.25, 0.3) is 0 Å². The van der Waals surface area contributed by atoms with E-state index in [-0.39, 0.29) is 0 Å². The van der Waals surface area contributed by atoms with Crippen LogP contribution in [0, 0.1) is 11.3 Å². The molecule has 1 fully saturated rings. The van der Waals surface area contributed by atoms with E-state index in [1.165, 1.54) is 19.5 Å². The van der Waals surface area contributed by atoms with E-state index in [2.05, 4.69) is 37.9 Å². The van der Waals surface area contributed by atoms with Gasteiger partial charge in [-0.3, -0.25) is 0 Å². The van der Waals surface area contributed by atoms with Gasteiger partial charge >= 0.3 is 0 Å². The lowest BCUT2D eigenvalue weighted by atomic mass is 9.80. The standard InChI is InChI=1S/C16H28N2O/c1-13(15-6-5-11-19-15)17-8-10-18-9-7-14(12-18)16(2,3)4/h5-6,11,13-14,17H,7-10,12H2,1-4H3. The van der Waals surface area contributed by atoms with E-state index in [9.17, 15) is 0 Å². The zero-order valence-electron chi connectivity index (χ0n) is 12.8. The molecule has 0 spiro atoms. The second-order valence-electron chi connectivity index (χ2n) is 6.84. The third kappa shape index (κ3) is 4.08. The zero-order chi connectivity index (χ0) is 13.9. The molecule has 1 aromatic heterocycles. The fourth-order valence-electron chi connectivity index (χ4n) is 2.82. The van der Waals surface area contributed by atoms with Gasteiger partial charge in [0.15, 0.2) is 0 Å². The van der Waals surface area contributed by atoms with Gasteiger partial charge in [-0.2, -0.15) is 0 Å². The van der Waals surface area contributed by atoms with Crippen molar-refractivity contribution in [1.82, 2.24) is 10.2 Å². The van der Waals surface area contributed by atoms with Gasteiger partial charge in [0.1, 0.15) is 5.76 Å². The van der Waals surface area contributed by atoms with Crippen molar-refractivity contribution in [2.75, 3.05) is 26.2 Å². The molecular weight excluding hydrogens is 236 g/mol. The summed E-state index contributed by atoms with van der Waals surface area (Å²) >= 11 is 0. The topological polar surface area (TPSA) is 28.4 Å². The largest absolute Gasteiger partial charge is 0.468 e. The van der Waals surface area contributed by atoms with Crippen molar-refractivity contribution in [2.24, 2.45) is 11.3 Å². The molecule has 0 radical (unpaired) electrons. The van der Waals surface area contributed by atoms with Crippen molar-refractivity contribution < 1.29 is 4.42 Å². The fourth-order valence-corrected chi connectivity index (χ4v) is 2.82. The maximum absolute atomic E-state index is 5.40. The third-order valence-corrected chi connectivity index (χ3v) is 4.35. The molecule has 108 valence electrons. The smallest absolute Gasteiger partial charge is 0.120 e. The zero-order valence-corrected chi connectivity index (χ0v) is 12.8. The van der Waals surface area contributed by atoms with Crippen molar-refractivity contribution in [3.63, 3.8) is 0 Å². The molecule has 2 heterocycles. The Kier molecular flexibility index (Phi) is 4.69. The summed E-state index contributed by atoms with van der Waals surface area (Å²) in [5, 5.41) is 3.53. The second kappa shape index (κ2) is 6.10. The summed E-state index contributed by atoms with van der Waals surface area (Å²) in [6.45, 7) is 13.9. The molecule has 19 heavy (non-hydrogen) atoms. The molecule has 0 aliphatic carbocycles. The minimum atomic E-state index is 0.302. The quantitative estimate of drug-likeness (QED) is 0.884. The Morgan fingerprint density at radius 1 is 1.47 bits per heavy atom. The lowest BCUT2D eigenvalue weighted by Crippen LogP contribution is -2.33. The van der Waals surface area contributed by atoms with Crippen molar-refractivity contribution in [1.29, 1.82) is 0 Å². The van der Waals surface area contributed by atoms with Crippen LogP contribution in [0.1, 0.15) is 45.9 Å². The first-order valence-electron chi connectivity index (χ1n) is 7.46. The Bertz CT molecular complexity index is 367. The SMILES string of the molecule is CC(NCCN1CCC(C(C)(C)C)C1)c1ccco1. The molecule has 1 saturated heterocycles. The number of nitrogens with one attached hydrogen (secondary N) is 1. The molecule has 0 amide bonds. The van der Waals surface area contributed by atoms with E-state index >= 15 is 0 Å². The summed E-state index contributed by atoms with van der Waals surface area (Å²) in [5.41, 5.74) is 0.448. The highest BCUT2D eigenvalue weighted by Gasteiger charge is 2.31. The lowest BCUT2D eigenvalue weighted by Gasteiger charge is -2.27. The molecule has 0 bridgehead atoms. The van der Waals surface area contributed by atoms with Gasteiger partial charge in [-0.05, 0) is 43.4 Å². The highest BCUT2D eigenvalue weighted by Crippen LogP contribution is 2.33. The molecule has 0 aromatic carbocycles. The Morgan fingerprint density at radius 3 is 2.84 bits per heavy atom. The van der Waals surface area contributed by atoms with Gasteiger partial charge in [-0.1, -0.05) is 20.8 Å². The van der Waals surface area contributed by atoms with E-state index in [0.717, 1.165) is 24.8 Å². The molecule has 2 unspecified atom stereocenters. The molecule has 3 nitrogen and oxygen atoms in total. The predicted octanol–water partition coefficient (Wildman–Crippen LogP) is 3.30. The van der Waals surface area contributed by atoms with Crippen LogP contribution in [0.5, 0.6) is 0 Å². The van der Waals surface area contributed by atoms with Crippen LogP contribution < -0.4 is 5.32 Å². The molecule has 1 aromatic rings. The highest BCUT2D eigenvalue weighted by atomic mass is 16.3.